The van der Waals surface area contributed by atoms with Crippen LogP contribution in [0.5, 0.6) is 11.5 Å². The molecular formula is C19H20Cl2N2O4. The van der Waals surface area contributed by atoms with Gasteiger partial charge in [0.1, 0.15) is 0 Å². The van der Waals surface area contributed by atoms with E-state index in [1.165, 1.54) is 12.4 Å². The van der Waals surface area contributed by atoms with Crippen LogP contribution in [-0.2, 0) is 0 Å². The van der Waals surface area contributed by atoms with Crippen molar-refractivity contribution in [2.75, 3.05) is 12.4 Å². The number of rotatable bonds is 5. The summed E-state index contributed by atoms with van der Waals surface area (Å²) >= 11 is 12.1. The number of nitrogens with one attached hydrogen (secondary N) is 1. The van der Waals surface area contributed by atoms with E-state index in [1.54, 1.807) is 25.3 Å². The topological polar surface area (TPSA) is 80.7 Å². The number of aromatic nitrogens is 1. The molecule has 6 nitrogen and oxygen atoms in total. The molecule has 0 atom stereocenters. The van der Waals surface area contributed by atoms with Crippen LogP contribution >= 0.6 is 23.2 Å². The number of hydrogen-bond donors (Lipinski definition) is 2. The minimum atomic E-state index is -0.378. The third-order valence-corrected chi connectivity index (χ3v) is 5.03. The number of amides is 1. The molecule has 3 rings (SSSR count). The second-order valence-corrected chi connectivity index (χ2v) is 7.16. The summed E-state index contributed by atoms with van der Waals surface area (Å²) in [6.45, 7) is 0. The van der Waals surface area contributed by atoms with Gasteiger partial charge in [0.15, 0.2) is 11.5 Å². The van der Waals surface area contributed by atoms with Crippen molar-refractivity contribution in [3.05, 3.63) is 46.2 Å². The summed E-state index contributed by atoms with van der Waals surface area (Å²) in [6, 6.07) is 4.94. The quantitative estimate of drug-likeness (QED) is 0.766. The molecule has 1 amide bonds. The Morgan fingerprint density at radius 2 is 1.81 bits per heavy atom. The van der Waals surface area contributed by atoms with Gasteiger partial charge in [0.25, 0.3) is 5.91 Å². The smallest absolute Gasteiger partial charge is 0.255 e. The maximum absolute atomic E-state index is 12.6. The maximum atomic E-state index is 12.6. The van der Waals surface area contributed by atoms with Gasteiger partial charge in [-0.1, -0.05) is 23.2 Å². The van der Waals surface area contributed by atoms with Gasteiger partial charge in [0.05, 0.1) is 35.1 Å². The zero-order valence-electron chi connectivity index (χ0n) is 14.7. The first-order valence-corrected chi connectivity index (χ1v) is 9.36. The van der Waals surface area contributed by atoms with Crippen LogP contribution in [0.3, 0.4) is 0 Å². The van der Waals surface area contributed by atoms with Crippen molar-refractivity contribution in [3.63, 3.8) is 0 Å². The molecule has 1 aliphatic rings. The molecule has 27 heavy (non-hydrogen) atoms. The van der Waals surface area contributed by atoms with E-state index in [0.717, 1.165) is 12.8 Å². The fraction of sp³-hybridized carbons (Fsp3) is 0.368. The van der Waals surface area contributed by atoms with Gasteiger partial charge in [0, 0.05) is 18.0 Å². The SMILES string of the molecule is COc1ccc(C(=O)Nc2c(Cl)cncc2Cl)cc1O[C@H]1CC[C@H](O)CC1. The number of halogens is 2. The molecule has 1 saturated carbocycles. The van der Waals surface area contributed by atoms with Gasteiger partial charge in [-0.05, 0) is 43.9 Å². The number of anilines is 1. The molecule has 1 aromatic carbocycles. The van der Waals surface area contributed by atoms with Gasteiger partial charge < -0.3 is 19.9 Å². The third-order valence-electron chi connectivity index (χ3n) is 4.46. The van der Waals surface area contributed by atoms with E-state index in [0.29, 0.717) is 35.6 Å². The maximum Gasteiger partial charge on any atom is 0.255 e. The number of pyridine rings is 1. The van der Waals surface area contributed by atoms with Crippen molar-refractivity contribution in [2.24, 2.45) is 0 Å². The number of aliphatic hydroxyl groups is 1. The van der Waals surface area contributed by atoms with Crippen molar-refractivity contribution < 1.29 is 19.4 Å². The number of nitrogens with zero attached hydrogens (tertiary/aromatic N) is 1. The lowest BCUT2D eigenvalue weighted by Crippen LogP contribution is -2.26. The number of benzene rings is 1. The van der Waals surface area contributed by atoms with Gasteiger partial charge in [0.2, 0.25) is 0 Å². The van der Waals surface area contributed by atoms with Gasteiger partial charge in [-0.15, -0.1) is 0 Å². The minimum Gasteiger partial charge on any atom is -0.493 e. The first-order valence-electron chi connectivity index (χ1n) is 8.61. The monoisotopic (exact) mass is 410 g/mol. The molecule has 1 heterocycles. The molecule has 1 aliphatic carbocycles. The lowest BCUT2D eigenvalue weighted by Gasteiger charge is -2.27. The van der Waals surface area contributed by atoms with E-state index in [-0.39, 0.29) is 28.2 Å². The Bertz CT molecular complexity index is 803. The summed E-state index contributed by atoms with van der Waals surface area (Å²) in [5, 5.41) is 12.8. The van der Waals surface area contributed by atoms with Gasteiger partial charge in [-0.3, -0.25) is 9.78 Å². The Morgan fingerprint density at radius 1 is 1.15 bits per heavy atom. The highest BCUT2D eigenvalue weighted by Crippen LogP contribution is 2.33. The van der Waals surface area contributed by atoms with Crippen molar-refractivity contribution in [3.8, 4) is 11.5 Å². The van der Waals surface area contributed by atoms with Crippen LogP contribution in [-0.4, -0.2) is 35.3 Å². The average molecular weight is 411 g/mol. The Morgan fingerprint density at radius 3 is 2.44 bits per heavy atom. The second-order valence-electron chi connectivity index (χ2n) is 6.35. The van der Waals surface area contributed by atoms with Crippen LogP contribution in [0.4, 0.5) is 5.69 Å². The van der Waals surface area contributed by atoms with Crippen LogP contribution in [0, 0.1) is 0 Å². The predicted octanol–water partition coefficient (Wildman–Crippen LogP) is 4.33. The molecule has 0 unspecified atom stereocenters. The number of ether oxygens (including phenoxy) is 2. The molecule has 0 radical (unpaired) electrons. The molecule has 1 aromatic heterocycles. The number of hydrogen-bond acceptors (Lipinski definition) is 5. The first-order chi connectivity index (χ1) is 13.0. The normalized spacial score (nSPS) is 19.4. The summed E-state index contributed by atoms with van der Waals surface area (Å²) in [5.41, 5.74) is 0.684. The van der Waals surface area contributed by atoms with Crippen LogP contribution < -0.4 is 14.8 Å². The molecule has 144 valence electrons. The Hall–Kier alpha value is -2.02. The molecule has 0 aliphatic heterocycles. The standard InChI is InChI=1S/C19H20Cl2N2O4/c1-26-16-7-2-11(8-17(16)27-13-5-3-12(24)4-6-13)19(25)23-18-14(20)9-22-10-15(18)21/h2,7-10,12-13,24H,3-6H2,1H3,(H,22,23,25)/t12-,13-. The Labute approximate surface area is 167 Å². The first kappa shape index (κ1) is 19.7. The summed E-state index contributed by atoms with van der Waals surface area (Å²) in [6.07, 6.45) is 5.43. The van der Waals surface area contributed by atoms with Crippen molar-refractivity contribution >= 4 is 34.8 Å². The number of aliphatic hydroxyl groups excluding tert-OH is 1. The van der Waals surface area contributed by atoms with Crippen LogP contribution in [0.1, 0.15) is 36.0 Å². The summed E-state index contributed by atoms with van der Waals surface area (Å²) in [4.78, 5) is 16.5. The van der Waals surface area contributed by atoms with Crippen LogP contribution in [0.25, 0.3) is 0 Å². The minimum absolute atomic E-state index is 0.0234. The molecular weight excluding hydrogens is 391 g/mol. The fourth-order valence-electron chi connectivity index (χ4n) is 2.97. The van der Waals surface area contributed by atoms with E-state index in [4.69, 9.17) is 32.7 Å². The number of carbonyl (C=O) groups is 1. The molecule has 0 spiro atoms. The lowest BCUT2D eigenvalue weighted by atomic mass is 9.95. The molecule has 8 heteroatoms. The van der Waals surface area contributed by atoms with Crippen molar-refractivity contribution in [1.29, 1.82) is 0 Å². The summed E-state index contributed by atoms with van der Waals surface area (Å²) in [5.74, 6) is 0.646. The van der Waals surface area contributed by atoms with Crippen LogP contribution in [0.15, 0.2) is 30.6 Å². The molecule has 1 fully saturated rings. The lowest BCUT2D eigenvalue weighted by molar-refractivity contribution is 0.0652. The molecule has 0 saturated heterocycles. The molecule has 2 N–H and O–H groups in total. The zero-order valence-corrected chi connectivity index (χ0v) is 16.3. The molecule has 2 aromatic rings. The van der Waals surface area contributed by atoms with Crippen LogP contribution in [0.2, 0.25) is 10.0 Å². The average Bonchev–Trinajstić information content (AvgIpc) is 2.66. The van der Waals surface area contributed by atoms with Crippen molar-refractivity contribution in [2.45, 2.75) is 37.9 Å². The van der Waals surface area contributed by atoms with E-state index >= 15 is 0 Å². The van der Waals surface area contributed by atoms with Crippen molar-refractivity contribution in [1.82, 2.24) is 4.98 Å². The number of carbonyl (C=O) groups excluding carboxylic acids is 1. The second kappa shape index (κ2) is 8.78. The van der Waals surface area contributed by atoms with Gasteiger partial charge in [-0.2, -0.15) is 0 Å². The Kier molecular flexibility index (Phi) is 6.42. The van der Waals surface area contributed by atoms with E-state index in [2.05, 4.69) is 10.3 Å². The highest BCUT2D eigenvalue weighted by Gasteiger charge is 2.22. The number of methoxy groups -OCH3 is 1. The zero-order chi connectivity index (χ0) is 19.4. The van der Waals surface area contributed by atoms with Gasteiger partial charge in [-0.25, -0.2) is 0 Å². The highest BCUT2D eigenvalue weighted by atomic mass is 35.5. The third kappa shape index (κ3) is 4.83. The summed E-state index contributed by atoms with van der Waals surface area (Å²) in [7, 11) is 1.54. The van der Waals surface area contributed by atoms with Gasteiger partial charge >= 0.3 is 0 Å². The largest absolute Gasteiger partial charge is 0.493 e. The van der Waals surface area contributed by atoms with E-state index < -0.39 is 0 Å². The predicted molar refractivity (Wildman–Crippen MR) is 104 cm³/mol. The Balaban J connectivity index is 1.78. The summed E-state index contributed by atoms with van der Waals surface area (Å²) < 4.78 is 11.4. The van der Waals surface area contributed by atoms with E-state index in [9.17, 15) is 9.90 Å². The van der Waals surface area contributed by atoms with E-state index in [1.807, 2.05) is 0 Å². The molecule has 0 bridgehead atoms. The highest BCUT2D eigenvalue weighted by molar-refractivity contribution is 6.39. The fourth-order valence-corrected chi connectivity index (χ4v) is 3.43.